The van der Waals surface area contributed by atoms with Crippen molar-refractivity contribution in [1.82, 2.24) is 25.1 Å². The highest BCUT2D eigenvalue weighted by atomic mass is 35.5. The minimum atomic E-state index is -3.51. The van der Waals surface area contributed by atoms with E-state index in [-0.39, 0.29) is 11.1 Å². The summed E-state index contributed by atoms with van der Waals surface area (Å²) in [6.45, 7) is 4.27. The van der Waals surface area contributed by atoms with Crippen LogP contribution in [0.5, 0.6) is 5.75 Å². The molecule has 0 radical (unpaired) electrons. The maximum atomic E-state index is 13.7. The first-order chi connectivity index (χ1) is 16.6. The molecular weight excluding hydrogens is 476 g/mol. The van der Waals surface area contributed by atoms with Gasteiger partial charge >= 0.3 is 5.92 Å². The number of carbonyl (C=O) groups is 1. The Balaban J connectivity index is 1.68. The molecule has 7 nitrogen and oxygen atoms in total. The van der Waals surface area contributed by atoms with E-state index in [2.05, 4.69) is 20.4 Å². The van der Waals surface area contributed by atoms with E-state index < -0.39 is 24.0 Å². The predicted molar refractivity (Wildman–Crippen MR) is 129 cm³/mol. The van der Waals surface area contributed by atoms with E-state index in [1.54, 1.807) is 23.0 Å². The summed E-state index contributed by atoms with van der Waals surface area (Å²) in [5.74, 6) is -4.05. The van der Waals surface area contributed by atoms with Gasteiger partial charge in [-0.3, -0.25) is 4.79 Å². The lowest BCUT2D eigenvalue weighted by molar-refractivity contribution is -0.145. The highest BCUT2D eigenvalue weighted by Gasteiger charge is 2.37. The predicted octanol–water partition coefficient (Wildman–Crippen LogP) is 5.39. The van der Waals surface area contributed by atoms with Crippen molar-refractivity contribution in [2.45, 2.75) is 38.8 Å². The van der Waals surface area contributed by atoms with Crippen LogP contribution in [-0.4, -0.2) is 37.6 Å². The zero-order valence-corrected chi connectivity index (χ0v) is 20.1. The number of fused-ring (bicyclic) bond motifs is 1. The lowest BCUT2D eigenvalue weighted by Crippen LogP contribution is -2.49. The number of carbonyl (C=O) groups excluding carboxylic acids is 1. The minimum absolute atomic E-state index is 0.193. The van der Waals surface area contributed by atoms with Gasteiger partial charge in [-0.15, -0.1) is 0 Å². The van der Waals surface area contributed by atoms with Crippen LogP contribution in [0.1, 0.15) is 32.4 Å². The molecule has 0 fully saturated rings. The number of rotatable bonds is 8. The standard InChI is InChI=1S/C25H24ClF2N5O2/c1-15(2)22(32-24(34)25(3,27)28)23(16-7-5-4-6-8-16)35-18-9-10-19-17(11-18)12-31-33(19)21-14-29-20(26)13-30-21/h4-15,22-23H,1-3H3,(H,32,34)/t22-,23+/m0/s1. The molecule has 0 aliphatic heterocycles. The molecule has 10 heteroatoms. The molecule has 2 aromatic carbocycles. The smallest absolute Gasteiger partial charge is 0.321 e. The molecule has 1 N–H and O–H groups in total. The Morgan fingerprint density at radius 2 is 1.83 bits per heavy atom. The van der Waals surface area contributed by atoms with Crippen LogP contribution in [0.25, 0.3) is 16.7 Å². The molecule has 0 aliphatic rings. The first-order valence-electron chi connectivity index (χ1n) is 11.0. The van der Waals surface area contributed by atoms with Gasteiger partial charge in [0.2, 0.25) is 0 Å². The van der Waals surface area contributed by atoms with Gasteiger partial charge in [-0.1, -0.05) is 55.8 Å². The van der Waals surface area contributed by atoms with Gasteiger partial charge in [0.25, 0.3) is 5.91 Å². The summed E-state index contributed by atoms with van der Waals surface area (Å²) in [7, 11) is 0. The fraction of sp³-hybridized carbons (Fsp3) is 0.280. The van der Waals surface area contributed by atoms with Gasteiger partial charge in [0.1, 0.15) is 17.0 Å². The summed E-state index contributed by atoms with van der Waals surface area (Å²) >= 11 is 5.83. The summed E-state index contributed by atoms with van der Waals surface area (Å²) < 4.78 is 35.3. The lowest BCUT2D eigenvalue weighted by Gasteiger charge is -2.32. The molecule has 0 saturated heterocycles. The summed E-state index contributed by atoms with van der Waals surface area (Å²) in [6.07, 6.45) is 3.91. The number of alkyl halides is 2. The molecule has 0 aliphatic carbocycles. The molecule has 1 amide bonds. The molecule has 2 atom stereocenters. The van der Waals surface area contributed by atoms with Crippen molar-refractivity contribution >= 4 is 28.4 Å². The second-order valence-electron chi connectivity index (χ2n) is 8.56. The molecule has 2 heterocycles. The first kappa shape index (κ1) is 24.5. The number of nitrogens with zero attached hydrogens (tertiary/aromatic N) is 4. The van der Waals surface area contributed by atoms with Crippen LogP contribution in [0, 0.1) is 5.92 Å². The molecule has 35 heavy (non-hydrogen) atoms. The first-order valence-corrected chi connectivity index (χ1v) is 11.4. The van der Waals surface area contributed by atoms with Crippen molar-refractivity contribution in [3.8, 4) is 11.6 Å². The van der Waals surface area contributed by atoms with E-state index in [9.17, 15) is 13.6 Å². The maximum Gasteiger partial charge on any atom is 0.321 e. The van der Waals surface area contributed by atoms with Crippen molar-refractivity contribution in [3.63, 3.8) is 0 Å². The van der Waals surface area contributed by atoms with Gasteiger partial charge in [0, 0.05) is 12.3 Å². The van der Waals surface area contributed by atoms with Gasteiger partial charge < -0.3 is 10.1 Å². The SMILES string of the molecule is CC(C)[C@H](NC(=O)C(C)(F)F)[C@H](Oc1ccc2c(cnn2-c2cnc(Cl)cn2)c1)c1ccccc1. The second-order valence-corrected chi connectivity index (χ2v) is 8.94. The molecule has 0 spiro atoms. The fourth-order valence-corrected chi connectivity index (χ4v) is 3.79. The van der Waals surface area contributed by atoms with E-state index >= 15 is 0 Å². The number of amides is 1. The molecule has 182 valence electrons. The quantitative estimate of drug-likeness (QED) is 0.352. The molecule has 0 bridgehead atoms. The van der Waals surface area contributed by atoms with Crippen LogP contribution in [-0.2, 0) is 4.79 Å². The average molecular weight is 500 g/mol. The van der Waals surface area contributed by atoms with Crippen molar-refractivity contribution < 1.29 is 18.3 Å². The van der Waals surface area contributed by atoms with Gasteiger partial charge in [-0.05, 0) is 29.7 Å². The number of halogens is 3. The summed E-state index contributed by atoms with van der Waals surface area (Å²) in [6, 6.07) is 13.9. The average Bonchev–Trinajstić information content (AvgIpc) is 3.24. The zero-order chi connectivity index (χ0) is 25.2. The van der Waals surface area contributed by atoms with Gasteiger partial charge in [-0.2, -0.15) is 13.9 Å². The molecule has 2 aromatic heterocycles. The van der Waals surface area contributed by atoms with Crippen LogP contribution < -0.4 is 10.1 Å². The van der Waals surface area contributed by atoms with Crippen LogP contribution in [0.2, 0.25) is 5.15 Å². The molecule has 4 rings (SSSR count). The Morgan fingerprint density at radius 3 is 2.46 bits per heavy atom. The molecule has 4 aromatic rings. The highest BCUT2D eigenvalue weighted by molar-refractivity contribution is 6.29. The number of hydrogen-bond donors (Lipinski definition) is 1. The van der Waals surface area contributed by atoms with E-state index in [1.807, 2.05) is 50.2 Å². The maximum absolute atomic E-state index is 13.7. The number of benzene rings is 2. The van der Waals surface area contributed by atoms with E-state index in [1.165, 1.54) is 12.4 Å². The monoisotopic (exact) mass is 499 g/mol. The van der Waals surface area contributed by atoms with Crippen molar-refractivity contribution in [2.24, 2.45) is 5.92 Å². The Labute approximate surface area is 206 Å². The molecule has 0 saturated carbocycles. The number of aromatic nitrogens is 4. The summed E-state index contributed by atoms with van der Waals surface area (Å²) in [5.41, 5.74) is 1.52. The van der Waals surface area contributed by atoms with E-state index in [0.717, 1.165) is 16.5 Å². The fourth-order valence-electron chi connectivity index (χ4n) is 3.69. The molecular formula is C25H24ClF2N5O2. The lowest BCUT2D eigenvalue weighted by atomic mass is 9.92. The summed E-state index contributed by atoms with van der Waals surface area (Å²) in [5, 5.41) is 7.92. The summed E-state index contributed by atoms with van der Waals surface area (Å²) in [4.78, 5) is 20.4. The normalized spacial score (nSPS) is 13.6. The van der Waals surface area contributed by atoms with Crippen LogP contribution in [0.3, 0.4) is 0 Å². The van der Waals surface area contributed by atoms with Gasteiger partial charge in [0.15, 0.2) is 5.82 Å². The van der Waals surface area contributed by atoms with Crippen molar-refractivity contribution in [2.75, 3.05) is 0 Å². The van der Waals surface area contributed by atoms with E-state index in [0.29, 0.717) is 18.5 Å². The second kappa shape index (κ2) is 9.95. The highest BCUT2D eigenvalue weighted by Crippen LogP contribution is 2.31. The Kier molecular flexibility index (Phi) is 6.98. The van der Waals surface area contributed by atoms with Crippen molar-refractivity contribution in [3.05, 3.63) is 77.8 Å². The van der Waals surface area contributed by atoms with Crippen molar-refractivity contribution in [1.29, 1.82) is 0 Å². The largest absolute Gasteiger partial charge is 0.484 e. The third-order valence-corrected chi connectivity index (χ3v) is 5.69. The Bertz CT molecular complexity index is 1310. The van der Waals surface area contributed by atoms with Gasteiger partial charge in [0.05, 0.1) is 30.1 Å². The van der Waals surface area contributed by atoms with Crippen LogP contribution in [0.15, 0.2) is 67.1 Å². The Morgan fingerprint density at radius 1 is 1.09 bits per heavy atom. The zero-order valence-electron chi connectivity index (χ0n) is 19.3. The van der Waals surface area contributed by atoms with E-state index in [4.69, 9.17) is 16.3 Å². The van der Waals surface area contributed by atoms with Gasteiger partial charge in [-0.25, -0.2) is 14.6 Å². The third kappa shape index (κ3) is 5.57. The number of nitrogens with one attached hydrogen (secondary N) is 1. The van der Waals surface area contributed by atoms with Crippen LogP contribution >= 0.6 is 11.6 Å². The number of hydrogen-bond acceptors (Lipinski definition) is 5. The van der Waals surface area contributed by atoms with Crippen LogP contribution in [0.4, 0.5) is 8.78 Å². The molecule has 0 unspecified atom stereocenters. The topological polar surface area (TPSA) is 81.9 Å². The minimum Gasteiger partial charge on any atom is -0.484 e. The Hall–Kier alpha value is -3.59. The third-order valence-electron chi connectivity index (χ3n) is 5.50. The number of ether oxygens (including phenoxy) is 1.